The summed E-state index contributed by atoms with van der Waals surface area (Å²) in [4.78, 5) is 11.9. The van der Waals surface area contributed by atoms with E-state index in [-0.39, 0.29) is 11.4 Å². The number of nitrogens with zero attached hydrogens (tertiary/aromatic N) is 2. The zero-order chi connectivity index (χ0) is 15.2. The summed E-state index contributed by atoms with van der Waals surface area (Å²) < 4.78 is 14.7. The van der Waals surface area contributed by atoms with Gasteiger partial charge in [0.25, 0.3) is 5.56 Å². The number of unbranched alkanes of at least 4 members (excludes halogenated alkanes) is 1. The van der Waals surface area contributed by atoms with Crippen molar-refractivity contribution in [1.29, 1.82) is 0 Å². The van der Waals surface area contributed by atoms with E-state index in [1.807, 2.05) is 0 Å². The number of hydrogen-bond acceptors (Lipinski definition) is 4. The number of rotatable bonds is 6. The highest BCUT2D eigenvalue weighted by molar-refractivity contribution is 5.34. The highest BCUT2D eigenvalue weighted by Crippen LogP contribution is 2.14. The van der Waals surface area contributed by atoms with E-state index in [1.54, 1.807) is 6.07 Å². The van der Waals surface area contributed by atoms with Gasteiger partial charge in [-0.05, 0) is 25.1 Å². The molecule has 0 spiro atoms. The van der Waals surface area contributed by atoms with Crippen LogP contribution >= 0.6 is 0 Å². The predicted octanol–water partition coefficient (Wildman–Crippen LogP) is 1.97. The normalized spacial score (nSPS) is 10.8. The minimum Gasteiger partial charge on any atom is -0.506 e. The molecule has 5 nitrogen and oxygen atoms in total. The molecule has 0 aliphatic heterocycles. The second-order valence-corrected chi connectivity index (χ2v) is 4.71. The molecular formula is C15H18FN3O2. The van der Waals surface area contributed by atoms with Crippen molar-refractivity contribution < 1.29 is 9.50 Å². The predicted molar refractivity (Wildman–Crippen MR) is 78.1 cm³/mol. The number of halogens is 1. The minimum absolute atomic E-state index is 0.0670. The van der Waals surface area contributed by atoms with Crippen LogP contribution in [0.4, 0.5) is 4.39 Å². The molecule has 0 aliphatic carbocycles. The topological polar surface area (TPSA) is 67.2 Å². The average Bonchev–Trinajstić information content (AvgIpc) is 2.46. The van der Waals surface area contributed by atoms with Gasteiger partial charge >= 0.3 is 0 Å². The molecule has 2 aromatic rings. The second-order valence-electron chi connectivity index (χ2n) is 4.71. The summed E-state index contributed by atoms with van der Waals surface area (Å²) in [5.74, 6) is -0.723. The summed E-state index contributed by atoms with van der Waals surface area (Å²) in [6, 6.07) is 6.94. The lowest BCUT2D eigenvalue weighted by atomic mass is 10.3. The van der Waals surface area contributed by atoms with Crippen LogP contribution in [0, 0.1) is 5.82 Å². The van der Waals surface area contributed by atoms with Gasteiger partial charge in [-0.1, -0.05) is 25.5 Å². The first kappa shape index (κ1) is 15.2. The van der Waals surface area contributed by atoms with E-state index < -0.39 is 11.4 Å². The van der Waals surface area contributed by atoms with Crippen LogP contribution in [0.5, 0.6) is 5.75 Å². The largest absolute Gasteiger partial charge is 0.506 e. The first-order valence-corrected chi connectivity index (χ1v) is 6.91. The van der Waals surface area contributed by atoms with Gasteiger partial charge in [-0.2, -0.15) is 9.78 Å². The van der Waals surface area contributed by atoms with Crippen molar-refractivity contribution in [3.8, 4) is 11.4 Å². The summed E-state index contributed by atoms with van der Waals surface area (Å²) in [6.45, 7) is 3.19. The third-order valence-electron chi connectivity index (χ3n) is 3.07. The van der Waals surface area contributed by atoms with E-state index in [9.17, 15) is 14.3 Å². The minimum atomic E-state index is -0.574. The van der Waals surface area contributed by atoms with Gasteiger partial charge < -0.3 is 10.4 Å². The molecule has 6 heteroatoms. The SMILES string of the molecule is CCCCNCc1nn(-c2ccccc2F)c(=O)cc1O. The number of benzene rings is 1. The van der Waals surface area contributed by atoms with Crippen molar-refractivity contribution in [2.24, 2.45) is 0 Å². The molecule has 0 amide bonds. The number of para-hydroxylation sites is 1. The Kier molecular flexibility index (Phi) is 5.05. The molecule has 2 rings (SSSR count). The quantitative estimate of drug-likeness (QED) is 0.799. The Bertz CT molecular complexity index is 670. The standard InChI is InChI=1S/C15H18FN3O2/c1-2-3-8-17-10-12-14(20)9-15(21)19(18-12)13-7-5-4-6-11(13)16/h4-7,9,17,20H,2-3,8,10H2,1H3. The molecule has 0 saturated heterocycles. The molecule has 1 aromatic carbocycles. The van der Waals surface area contributed by atoms with Gasteiger partial charge in [0.2, 0.25) is 0 Å². The number of aromatic hydroxyl groups is 1. The Hall–Kier alpha value is -2.21. The van der Waals surface area contributed by atoms with Crippen LogP contribution in [0.25, 0.3) is 5.69 Å². The van der Waals surface area contributed by atoms with Gasteiger partial charge in [0.05, 0.1) is 0 Å². The lowest BCUT2D eigenvalue weighted by Gasteiger charge is -2.10. The van der Waals surface area contributed by atoms with Gasteiger partial charge in [-0.25, -0.2) is 4.39 Å². The van der Waals surface area contributed by atoms with Crippen LogP contribution in [0.15, 0.2) is 35.1 Å². The molecule has 0 unspecified atom stereocenters. The third-order valence-corrected chi connectivity index (χ3v) is 3.07. The lowest BCUT2D eigenvalue weighted by Crippen LogP contribution is -2.25. The fraction of sp³-hybridized carbons (Fsp3) is 0.333. The van der Waals surface area contributed by atoms with Crippen LogP contribution in [0.1, 0.15) is 25.5 Å². The summed E-state index contributed by atoms with van der Waals surface area (Å²) in [5, 5.41) is 17.0. The molecule has 112 valence electrons. The van der Waals surface area contributed by atoms with Gasteiger partial charge in [-0.15, -0.1) is 0 Å². The zero-order valence-electron chi connectivity index (χ0n) is 11.8. The Balaban J connectivity index is 2.31. The van der Waals surface area contributed by atoms with Crippen molar-refractivity contribution in [3.63, 3.8) is 0 Å². The lowest BCUT2D eigenvalue weighted by molar-refractivity contribution is 0.450. The van der Waals surface area contributed by atoms with Gasteiger partial charge in [0.1, 0.15) is 22.9 Å². The fourth-order valence-electron chi connectivity index (χ4n) is 1.91. The molecule has 1 aromatic heterocycles. The van der Waals surface area contributed by atoms with E-state index in [2.05, 4.69) is 17.3 Å². The number of aromatic nitrogens is 2. The molecule has 1 heterocycles. The average molecular weight is 291 g/mol. The summed E-state index contributed by atoms with van der Waals surface area (Å²) >= 11 is 0. The summed E-state index contributed by atoms with van der Waals surface area (Å²) in [6.07, 6.45) is 2.06. The fourth-order valence-corrected chi connectivity index (χ4v) is 1.91. The van der Waals surface area contributed by atoms with Crippen LogP contribution in [-0.4, -0.2) is 21.4 Å². The van der Waals surface area contributed by atoms with E-state index in [4.69, 9.17) is 0 Å². The molecule has 0 atom stereocenters. The van der Waals surface area contributed by atoms with Crippen molar-refractivity contribution in [2.45, 2.75) is 26.3 Å². The van der Waals surface area contributed by atoms with Crippen LogP contribution in [0.3, 0.4) is 0 Å². The van der Waals surface area contributed by atoms with E-state index in [0.29, 0.717) is 12.2 Å². The second kappa shape index (κ2) is 6.99. The number of nitrogens with one attached hydrogen (secondary N) is 1. The van der Waals surface area contributed by atoms with E-state index in [0.717, 1.165) is 30.1 Å². The van der Waals surface area contributed by atoms with Crippen molar-refractivity contribution in [2.75, 3.05) is 6.54 Å². The molecule has 2 N–H and O–H groups in total. The molecule has 0 radical (unpaired) electrons. The molecule has 21 heavy (non-hydrogen) atoms. The molecule has 0 bridgehead atoms. The Morgan fingerprint density at radius 1 is 1.38 bits per heavy atom. The van der Waals surface area contributed by atoms with Crippen LogP contribution in [0.2, 0.25) is 0 Å². The zero-order valence-corrected chi connectivity index (χ0v) is 11.8. The van der Waals surface area contributed by atoms with Crippen molar-refractivity contribution in [3.05, 3.63) is 52.2 Å². The Labute approximate surface area is 122 Å². The van der Waals surface area contributed by atoms with Gasteiger partial charge in [0.15, 0.2) is 0 Å². The van der Waals surface area contributed by atoms with Crippen LogP contribution in [-0.2, 0) is 6.54 Å². The smallest absolute Gasteiger partial charge is 0.275 e. The maximum Gasteiger partial charge on any atom is 0.275 e. The van der Waals surface area contributed by atoms with Crippen molar-refractivity contribution in [1.82, 2.24) is 15.1 Å². The Morgan fingerprint density at radius 3 is 2.86 bits per heavy atom. The molecule has 0 aliphatic rings. The monoisotopic (exact) mass is 291 g/mol. The molecule has 0 saturated carbocycles. The maximum absolute atomic E-state index is 13.8. The van der Waals surface area contributed by atoms with Gasteiger partial charge in [-0.3, -0.25) is 4.79 Å². The van der Waals surface area contributed by atoms with E-state index in [1.165, 1.54) is 18.2 Å². The first-order valence-electron chi connectivity index (χ1n) is 6.91. The van der Waals surface area contributed by atoms with Crippen molar-refractivity contribution >= 4 is 0 Å². The maximum atomic E-state index is 13.8. The third kappa shape index (κ3) is 3.66. The molecular weight excluding hydrogens is 273 g/mol. The van der Waals surface area contributed by atoms with E-state index >= 15 is 0 Å². The highest BCUT2D eigenvalue weighted by Gasteiger charge is 2.11. The molecule has 0 fully saturated rings. The Morgan fingerprint density at radius 2 is 2.14 bits per heavy atom. The van der Waals surface area contributed by atoms with Gasteiger partial charge in [0, 0.05) is 12.6 Å². The number of hydrogen-bond donors (Lipinski definition) is 2. The van der Waals surface area contributed by atoms with Crippen LogP contribution < -0.4 is 10.9 Å². The summed E-state index contributed by atoms with van der Waals surface area (Å²) in [5.41, 5.74) is -0.193. The highest BCUT2D eigenvalue weighted by atomic mass is 19.1. The summed E-state index contributed by atoms with van der Waals surface area (Å²) in [7, 11) is 0. The first-order chi connectivity index (χ1) is 10.1.